The number of benzene rings is 1. The molecule has 1 N–H and O–H groups in total. The quantitative estimate of drug-likeness (QED) is 0.363. The van der Waals surface area contributed by atoms with Gasteiger partial charge in [-0.1, -0.05) is 28.1 Å². The minimum absolute atomic E-state index is 0.0297. The van der Waals surface area contributed by atoms with Gasteiger partial charge in [0.2, 0.25) is 11.8 Å². The molecule has 1 aliphatic heterocycles. The lowest BCUT2D eigenvalue weighted by Gasteiger charge is -2.28. The standard InChI is InChI=1S/C30H39BrN4O6/c1-20-14-15-32-25(18-20)35(29(39)41-30(2,3)4)17-7-9-26(36)34-16-6-8-24(34)28(38)33-23(19-27(37)40-5)21-10-12-22(31)13-11-21/h10-15,18,23-24H,6-9,16-17,19H2,1-5H3,(H,33,38). The largest absolute Gasteiger partial charge is 0.469 e. The fourth-order valence-corrected chi connectivity index (χ4v) is 4.88. The Hall–Kier alpha value is -3.47. The number of halogens is 1. The minimum atomic E-state index is -0.687. The van der Waals surface area contributed by atoms with Gasteiger partial charge in [-0.2, -0.15) is 0 Å². The summed E-state index contributed by atoms with van der Waals surface area (Å²) in [5.74, 6) is -0.478. The molecule has 3 amide bonds. The summed E-state index contributed by atoms with van der Waals surface area (Å²) in [5, 5.41) is 2.96. The first-order chi connectivity index (χ1) is 19.4. The fraction of sp³-hybridized carbons (Fsp3) is 0.500. The van der Waals surface area contributed by atoms with E-state index in [1.807, 2.05) is 37.3 Å². The van der Waals surface area contributed by atoms with E-state index in [-0.39, 0.29) is 31.2 Å². The third-order valence-corrected chi connectivity index (χ3v) is 7.16. The number of carbonyl (C=O) groups excluding carboxylic acids is 4. The maximum Gasteiger partial charge on any atom is 0.416 e. The lowest BCUT2D eigenvalue weighted by Crippen LogP contribution is -2.47. The van der Waals surface area contributed by atoms with Gasteiger partial charge in [-0.25, -0.2) is 9.78 Å². The maximum atomic E-state index is 13.4. The van der Waals surface area contributed by atoms with Crippen molar-refractivity contribution in [3.63, 3.8) is 0 Å². The van der Waals surface area contributed by atoms with Crippen molar-refractivity contribution < 1.29 is 28.7 Å². The molecule has 0 radical (unpaired) electrons. The highest BCUT2D eigenvalue weighted by Gasteiger charge is 2.35. The van der Waals surface area contributed by atoms with Crippen molar-refractivity contribution in [2.24, 2.45) is 0 Å². The molecule has 0 bridgehead atoms. The van der Waals surface area contributed by atoms with Gasteiger partial charge in [-0.3, -0.25) is 19.3 Å². The molecule has 41 heavy (non-hydrogen) atoms. The number of pyridine rings is 1. The van der Waals surface area contributed by atoms with Crippen LogP contribution < -0.4 is 10.2 Å². The molecular weight excluding hydrogens is 592 g/mol. The number of methoxy groups -OCH3 is 1. The van der Waals surface area contributed by atoms with E-state index in [4.69, 9.17) is 9.47 Å². The Morgan fingerprint density at radius 3 is 2.51 bits per heavy atom. The average Bonchev–Trinajstić information content (AvgIpc) is 3.40. The molecule has 222 valence electrons. The number of likely N-dealkylation sites (tertiary alicyclic amines) is 1. The number of nitrogens with zero attached hydrogens (tertiary/aromatic N) is 3. The van der Waals surface area contributed by atoms with Crippen molar-refractivity contribution in [3.05, 3.63) is 58.2 Å². The van der Waals surface area contributed by atoms with E-state index in [0.717, 1.165) is 15.6 Å². The van der Waals surface area contributed by atoms with Crippen LogP contribution in [0.4, 0.5) is 10.6 Å². The van der Waals surface area contributed by atoms with Crippen molar-refractivity contribution in [2.45, 2.75) is 77.5 Å². The van der Waals surface area contributed by atoms with Gasteiger partial charge in [-0.05, 0) is 82.3 Å². The highest BCUT2D eigenvalue weighted by Crippen LogP contribution is 2.24. The van der Waals surface area contributed by atoms with Crippen LogP contribution in [0.15, 0.2) is 47.1 Å². The summed E-state index contributed by atoms with van der Waals surface area (Å²) in [4.78, 5) is 59.0. The first kappa shape index (κ1) is 32.0. The van der Waals surface area contributed by atoms with E-state index in [1.54, 1.807) is 37.9 Å². The Bertz CT molecular complexity index is 1230. The molecule has 11 heteroatoms. The number of aryl methyl sites for hydroxylation is 1. The van der Waals surface area contributed by atoms with Crippen LogP contribution in [-0.2, 0) is 23.9 Å². The zero-order valence-electron chi connectivity index (χ0n) is 24.3. The summed E-state index contributed by atoms with van der Waals surface area (Å²) in [5.41, 5.74) is 1.02. The topological polar surface area (TPSA) is 118 Å². The van der Waals surface area contributed by atoms with Crippen LogP contribution in [0.5, 0.6) is 0 Å². The minimum Gasteiger partial charge on any atom is -0.469 e. The molecule has 1 aromatic carbocycles. The SMILES string of the molecule is COC(=O)CC(NC(=O)C1CCCN1C(=O)CCCN(C(=O)OC(C)(C)C)c1cc(C)ccn1)c1ccc(Br)cc1. The molecule has 0 aliphatic carbocycles. The molecule has 2 heterocycles. The number of anilines is 1. The Morgan fingerprint density at radius 2 is 1.88 bits per heavy atom. The van der Waals surface area contributed by atoms with Crippen LogP contribution >= 0.6 is 15.9 Å². The van der Waals surface area contributed by atoms with Crippen molar-refractivity contribution in [2.75, 3.05) is 25.1 Å². The zero-order valence-corrected chi connectivity index (χ0v) is 25.9. The fourth-order valence-electron chi connectivity index (χ4n) is 4.62. The number of nitrogens with one attached hydrogen (secondary N) is 1. The summed E-state index contributed by atoms with van der Waals surface area (Å²) in [6, 6.07) is 9.73. The lowest BCUT2D eigenvalue weighted by atomic mass is 10.0. The smallest absolute Gasteiger partial charge is 0.416 e. The predicted octanol–water partition coefficient (Wildman–Crippen LogP) is 5.09. The van der Waals surface area contributed by atoms with Gasteiger partial charge in [0.05, 0.1) is 19.6 Å². The van der Waals surface area contributed by atoms with E-state index in [1.165, 1.54) is 12.0 Å². The van der Waals surface area contributed by atoms with Crippen LogP contribution in [0.3, 0.4) is 0 Å². The molecule has 2 atom stereocenters. The molecule has 0 saturated carbocycles. The van der Waals surface area contributed by atoms with Gasteiger partial charge in [-0.15, -0.1) is 0 Å². The van der Waals surface area contributed by atoms with Gasteiger partial charge in [0.1, 0.15) is 17.5 Å². The number of aromatic nitrogens is 1. The molecular formula is C30H39BrN4O6. The summed E-state index contributed by atoms with van der Waals surface area (Å²) < 4.78 is 11.3. The summed E-state index contributed by atoms with van der Waals surface area (Å²) in [6.07, 6.45) is 2.79. The number of amides is 3. The molecule has 10 nitrogen and oxygen atoms in total. The number of ether oxygens (including phenoxy) is 2. The van der Waals surface area contributed by atoms with Gasteiger partial charge < -0.3 is 19.7 Å². The van der Waals surface area contributed by atoms with E-state index >= 15 is 0 Å². The Labute approximate surface area is 249 Å². The number of rotatable bonds is 10. The molecule has 1 fully saturated rings. The van der Waals surface area contributed by atoms with E-state index < -0.39 is 29.7 Å². The third kappa shape index (κ3) is 9.55. The number of carbonyl (C=O) groups is 4. The number of esters is 1. The van der Waals surface area contributed by atoms with E-state index in [9.17, 15) is 19.2 Å². The first-order valence-corrected chi connectivity index (χ1v) is 14.5. The van der Waals surface area contributed by atoms with Gasteiger partial charge in [0, 0.05) is 30.2 Å². The van der Waals surface area contributed by atoms with Crippen LogP contribution in [0.1, 0.15) is 70.0 Å². The molecule has 1 saturated heterocycles. The van der Waals surface area contributed by atoms with Crippen molar-refractivity contribution in [3.8, 4) is 0 Å². The Morgan fingerprint density at radius 1 is 1.17 bits per heavy atom. The lowest BCUT2D eigenvalue weighted by molar-refractivity contribution is -0.142. The molecule has 1 aromatic heterocycles. The average molecular weight is 632 g/mol. The second kappa shape index (κ2) is 14.4. The van der Waals surface area contributed by atoms with Crippen molar-refractivity contribution in [1.29, 1.82) is 0 Å². The summed E-state index contributed by atoms with van der Waals surface area (Å²) >= 11 is 3.40. The molecule has 3 rings (SSSR count). The molecule has 2 aromatic rings. The van der Waals surface area contributed by atoms with E-state index in [0.29, 0.717) is 31.6 Å². The van der Waals surface area contributed by atoms with Crippen molar-refractivity contribution >= 4 is 45.6 Å². The van der Waals surface area contributed by atoms with Crippen molar-refractivity contribution in [1.82, 2.24) is 15.2 Å². The second-order valence-corrected chi connectivity index (χ2v) is 12.0. The Kier molecular flexibility index (Phi) is 11.3. The maximum absolute atomic E-state index is 13.4. The molecule has 2 unspecified atom stereocenters. The van der Waals surface area contributed by atoms with Crippen LogP contribution in [0, 0.1) is 6.92 Å². The molecule has 1 aliphatic rings. The highest BCUT2D eigenvalue weighted by atomic mass is 79.9. The van der Waals surface area contributed by atoms with Crippen LogP contribution in [0.25, 0.3) is 0 Å². The number of hydrogen-bond acceptors (Lipinski definition) is 7. The normalized spacial score (nSPS) is 15.7. The monoisotopic (exact) mass is 630 g/mol. The van der Waals surface area contributed by atoms with Crippen LogP contribution in [0.2, 0.25) is 0 Å². The first-order valence-electron chi connectivity index (χ1n) is 13.7. The molecule has 0 spiro atoms. The Balaban J connectivity index is 1.65. The number of hydrogen-bond donors (Lipinski definition) is 1. The second-order valence-electron chi connectivity index (χ2n) is 11.1. The van der Waals surface area contributed by atoms with E-state index in [2.05, 4.69) is 26.2 Å². The van der Waals surface area contributed by atoms with Crippen LogP contribution in [-0.4, -0.2) is 65.6 Å². The predicted molar refractivity (Wildman–Crippen MR) is 158 cm³/mol. The third-order valence-electron chi connectivity index (χ3n) is 6.63. The van der Waals surface area contributed by atoms with Gasteiger partial charge in [0.25, 0.3) is 0 Å². The summed E-state index contributed by atoms with van der Waals surface area (Å²) in [7, 11) is 1.30. The van der Waals surface area contributed by atoms with Gasteiger partial charge >= 0.3 is 12.1 Å². The van der Waals surface area contributed by atoms with Gasteiger partial charge in [0.15, 0.2) is 0 Å². The highest BCUT2D eigenvalue weighted by molar-refractivity contribution is 9.10. The summed E-state index contributed by atoms with van der Waals surface area (Å²) in [6.45, 7) is 7.98. The zero-order chi connectivity index (χ0) is 30.2.